The van der Waals surface area contributed by atoms with Gasteiger partial charge in [-0.25, -0.2) is 0 Å². The Bertz CT molecular complexity index is 566. The lowest BCUT2D eigenvalue weighted by atomic mass is 9.87. The van der Waals surface area contributed by atoms with Crippen LogP contribution in [-0.4, -0.2) is 45.8 Å². The van der Waals surface area contributed by atoms with E-state index in [1.54, 1.807) is 6.42 Å². The minimum atomic E-state index is 0. The normalized spacial score (nSPS) is 33.4. The molecular weight excluding hydrogens is 322 g/mol. The summed E-state index contributed by atoms with van der Waals surface area (Å²) in [7, 11) is 0. The van der Waals surface area contributed by atoms with Crippen molar-refractivity contribution in [1.29, 1.82) is 0 Å². The first kappa shape index (κ1) is 16.8. The zero-order valence-corrected chi connectivity index (χ0v) is 15.3. The number of rotatable bonds is 3. The van der Waals surface area contributed by atoms with Crippen molar-refractivity contribution in [3.8, 4) is 0 Å². The summed E-state index contributed by atoms with van der Waals surface area (Å²) in [4.78, 5) is 2.75. The Morgan fingerprint density at radius 1 is 1.00 bits per heavy atom. The summed E-state index contributed by atoms with van der Waals surface area (Å²) in [6.45, 7) is 6.88. The van der Waals surface area contributed by atoms with E-state index < -0.39 is 0 Å². The third-order valence-corrected chi connectivity index (χ3v) is 6.98. The fourth-order valence-electron chi connectivity index (χ4n) is 5.72. The van der Waals surface area contributed by atoms with Gasteiger partial charge in [0.05, 0.1) is 6.54 Å². The van der Waals surface area contributed by atoms with Gasteiger partial charge in [0.2, 0.25) is 0 Å². The van der Waals surface area contributed by atoms with Crippen molar-refractivity contribution in [2.45, 2.75) is 57.5 Å². The first-order valence-electron chi connectivity index (χ1n) is 9.72. The second kappa shape index (κ2) is 6.93. The summed E-state index contributed by atoms with van der Waals surface area (Å²) in [6.07, 6.45) is 8.65. The van der Waals surface area contributed by atoms with Crippen LogP contribution in [0.1, 0.15) is 56.1 Å². The maximum Gasteiger partial charge on any atom is 0.147 e. The van der Waals surface area contributed by atoms with E-state index in [0.29, 0.717) is 5.92 Å². The molecule has 5 rings (SSSR count). The van der Waals surface area contributed by atoms with E-state index in [0.717, 1.165) is 43.2 Å². The number of halogens is 1. The molecule has 2 bridgehead atoms. The molecule has 0 amide bonds. The highest BCUT2D eigenvalue weighted by atomic mass is 35.5. The van der Waals surface area contributed by atoms with Gasteiger partial charge in [-0.05, 0) is 62.9 Å². The van der Waals surface area contributed by atoms with Crippen LogP contribution >= 0.6 is 12.4 Å². The summed E-state index contributed by atoms with van der Waals surface area (Å²) in [6, 6.07) is 0. The van der Waals surface area contributed by atoms with Crippen LogP contribution in [0.5, 0.6) is 0 Å². The lowest BCUT2D eigenvalue weighted by Gasteiger charge is -2.35. The molecule has 3 unspecified atom stereocenters. The molecule has 3 fully saturated rings. The van der Waals surface area contributed by atoms with E-state index in [9.17, 15) is 0 Å². The first-order chi connectivity index (χ1) is 11.4. The molecule has 2 aliphatic carbocycles. The third kappa shape index (κ3) is 2.99. The number of piperidine rings is 1. The van der Waals surface area contributed by atoms with E-state index in [-0.39, 0.29) is 12.4 Å². The number of aromatic nitrogens is 3. The molecule has 24 heavy (non-hydrogen) atoms. The third-order valence-electron chi connectivity index (χ3n) is 6.98. The van der Waals surface area contributed by atoms with Crippen LogP contribution in [0.15, 0.2) is 0 Å². The van der Waals surface area contributed by atoms with Crippen molar-refractivity contribution in [2.75, 3.05) is 26.2 Å². The van der Waals surface area contributed by atoms with Crippen LogP contribution in [0.3, 0.4) is 0 Å². The molecule has 1 N–H and O–H groups in total. The highest BCUT2D eigenvalue weighted by Crippen LogP contribution is 2.48. The maximum atomic E-state index is 4.54. The predicted molar refractivity (Wildman–Crippen MR) is 96.3 cm³/mol. The molecule has 2 saturated carbocycles. The van der Waals surface area contributed by atoms with Crippen LogP contribution in [0.4, 0.5) is 0 Å². The Hall–Kier alpha value is -0.650. The average molecular weight is 352 g/mol. The number of fused-ring (bicyclic) bond motifs is 3. The quantitative estimate of drug-likeness (QED) is 0.908. The molecule has 2 aliphatic heterocycles. The van der Waals surface area contributed by atoms with Gasteiger partial charge in [0.1, 0.15) is 11.6 Å². The molecule has 1 aromatic rings. The number of hydrogen-bond acceptors (Lipinski definition) is 4. The molecular formula is C18H30ClN5. The summed E-state index contributed by atoms with van der Waals surface area (Å²) < 4.78 is 2.38. The van der Waals surface area contributed by atoms with E-state index >= 15 is 0 Å². The molecule has 0 aromatic carbocycles. The van der Waals surface area contributed by atoms with Crippen LogP contribution in [-0.2, 0) is 13.1 Å². The topological polar surface area (TPSA) is 46.0 Å². The van der Waals surface area contributed by atoms with Gasteiger partial charge in [0, 0.05) is 25.6 Å². The first-order valence-corrected chi connectivity index (χ1v) is 9.72. The van der Waals surface area contributed by atoms with Crippen molar-refractivity contribution >= 4 is 12.4 Å². The summed E-state index contributed by atoms with van der Waals surface area (Å²) >= 11 is 0. The van der Waals surface area contributed by atoms with E-state index in [2.05, 4.69) is 25.0 Å². The van der Waals surface area contributed by atoms with Crippen LogP contribution < -0.4 is 5.32 Å². The molecule has 1 saturated heterocycles. The largest absolute Gasteiger partial charge is 0.312 e. The number of likely N-dealkylation sites (tertiary alicyclic amines) is 1. The number of hydrogen-bond donors (Lipinski definition) is 1. The molecule has 134 valence electrons. The molecule has 6 heteroatoms. The summed E-state index contributed by atoms with van der Waals surface area (Å²) in [5.41, 5.74) is 0. The van der Waals surface area contributed by atoms with Gasteiger partial charge in [0.15, 0.2) is 0 Å². The minimum absolute atomic E-state index is 0. The zero-order valence-electron chi connectivity index (χ0n) is 14.5. The highest BCUT2D eigenvalue weighted by molar-refractivity contribution is 5.85. The standard InChI is InChI=1S/C18H29N5.ClH/c1-2-15-9-13(1)10-16(15)12-22-6-3-14(4-7-22)18-21-20-17-11-19-5-8-23(17)18;/h13-16,19H,1-12H2;1H. The number of nitrogens with zero attached hydrogens (tertiary/aromatic N) is 4. The molecule has 1 aromatic heterocycles. The average Bonchev–Trinajstić information content (AvgIpc) is 3.30. The predicted octanol–water partition coefficient (Wildman–Crippen LogP) is 2.42. The number of nitrogens with one attached hydrogen (secondary N) is 1. The van der Waals surface area contributed by atoms with Crippen molar-refractivity contribution in [3.05, 3.63) is 11.6 Å². The highest BCUT2D eigenvalue weighted by Gasteiger charge is 2.40. The monoisotopic (exact) mass is 351 g/mol. The Morgan fingerprint density at radius 3 is 2.62 bits per heavy atom. The van der Waals surface area contributed by atoms with Crippen LogP contribution in [0.2, 0.25) is 0 Å². The second-order valence-corrected chi connectivity index (χ2v) is 8.31. The molecule has 0 spiro atoms. The van der Waals surface area contributed by atoms with Gasteiger partial charge in [0.25, 0.3) is 0 Å². The summed E-state index contributed by atoms with van der Waals surface area (Å²) in [5.74, 6) is 6.19. The van der Waals surface area contributed by atoms with Crippen molar-refractivity contribution in [1.82, 2.24) is 25.0 Å². The lowest BCUT2D eigenvalue weighted by Crippen LogP contribution is -2.38. The van der Waals surface area contributed by atoms with Gasteiger partial charge < -0.3 is 14.8 Å². The van der Waals surface area contributed by atoms with Crippen molar-refractivity contribution in [2.24, 2.45) is 17.8 Å². The van der Waals surface area contributed by atoms with Gasteiger partial charge in [-0.15, -0.1) is 22.6 Å². The molecule has 5 nitrogen and oxygen atoms in total. The summed E-state index contributed by atoms with van der Waals surface area (Å²) in [5, 5.41) is 12.3. The van der Waals surface area contributed by atoms with E-state index in [1.165, 1.54) is 57.6 Å². The molecule has 3 heterocycles. The van der Waals surface area contributed by atoms with Gasteiger partial charge >= 0.3 is 0 Å². The SMILES string of the molecule is C1Cn2c(nnc2C2CCN(CC3CC4CCC3C4)CC2)CN1.Cl. The maximum absolute atomic E-state index is 4.54. The van der Waals surface area contributed by atoms with E-state index in [1.807, 2.05) is 0 Å². The van der Waals surface area contributed by atoms with Crippen LogP contribution in [0.25, 0.3) is 0 Å². The zero-order chi connectivity index (χ0) is 15.2. The van der Waals surface area contributed by atoms with Crippen molar-refractivity contribution < 1.29 is 0 Å². The Kier molecular flexibility index (Phi) is 4.85. The van der Waals surface area contributed by atoms with Gasteiger partial charge in [-0.1, -0.05) is 6.42 Å². The Morgan fingerprint density at radius 2 is 1.88 bits per heavy atom. The van der Waals surface area contributed by atoms with Gasteiger partial charge in [-0.2, -0.15) is 0 Å². The van der Waals surface area contributed by atoms with E-state index in [4.69, 9.17) is 0 Å². The van der Waals surface area contributed by atoms with Gasteiger partial charge in [-0.3, -0.25) is 0 Å². The fourth-order valence-corrected chi connectivity index (χ4v) is 5.72. The molecule has 0 radical (unpaired) electrons. The smallest absolute Gasteiger partial charge is 0.147 e. The molecule has 4 aliphatic rings. The lowest BCUT2D eigenvalue weighted by molar-refractivity contribution is 0.153. The Labute approximate surface area is 151 Å². The fraction of sp³-hybridized carbons (Fsp3) is 0.889. The second-order valence-electron chi connectivity index (χ2n) is 8.31. The molecule has 3 atom stereocenters. The van der Waals surface area contributed by atoms with Crippen molar-refractivity contribution in [3.63, 3.8) is 0 Å². The van der Waals surface area contributed by atoms with Crippen LogP contribution in [0, 0.1) is 17.8 Å². The Balaban J connectivity index is 0.00000146. The minimum Gasteiger partial charge on any atom is -0.312 e.